The van der Waals surface area contributed by atoms with E-state index >= 15 is 0 Å². The molecule has 4 fully saturated rings. The van der Waals surface area contributed by atoms with Gasteiger partial charge in [-0.25, -0.2) is 0 Å². The number of carbonyl (C=O) groups excluding carboxylic acids is 2. The van der Waals surface area contributed by atoms with Crippen LogP contribution in [0.4, 0.5) is 0 Å². The van der Waals surface area contributed by atoms with Gasteiger partial charge in [0.15, 0.2) is 0 Å². The van der Waals surface area contributed by atoms with Crippen molar-refractivity contribution in [3.05, 3.63) is 0 Å². The molecule has 4 bridgehead atoms. The lowest BCUT2D eigenvalue weighted by molar-refractivity contribution is -0.177. The van der Waals surface area contributed by atoms with Crippen LogP contribution in [-0.4, -0.2) is 23.1 Å². The van der Waals surface area contributed by atoms with E-state index in [9.17, 15) is 9.59 Å². The van der Waals surface area contributed by atoms with E-state index in [4.69, 9.17) is 9.47 Å². The number of ether oxygens (including phenoxy) is 2. The van der Waals surface area contributed by atoms with Gasteiger partial charge in [-0.05, 0) is 129 Å². The summed E-state index contributed by atoms with van der Waals surface area (Å²) >= 11 is 0. The molecule has 0 radical (unpaired) electrons. The SMILES string of the molecule is CCC(C)(C)C(=O)OC1(C)CC2CCC1C2.CCC(C)(C)C(=O)OC1(CC)CC2CCC1C2. The highest BCUT2D eigenvalue weighted by Gasteiger charge is 2.54. The molecule has 0 amide bonds. The summed E-state index contributed by atoms with van der Waals surface area (Å²) in [5.41, 5.74) is -0.937. The quantitative estimate of drug-likeness (QED) is 0.368. The van der Waals surface area contributed by atoms with Crippen molar-refractivity contribution < 1.29 is 19.1 Å². The van der Waals surface area contributed by atoms with Gasteiger partial charge in [-0.1, -0.05) is 20.8 Å². The second kappa shape index (κ2) is 9.53. The van der Waals surface area contributed by atoms with Gasteiger partial charge in [0, 0.05) is 0 Å². The Kier molecular flexibility index (Phi) is 7.67. The zero-order valence-electron chi connectivity index (χ0n) is 22.7. The van der Waals surface area contributed by atoms with Gasteiger partial charge in [0.2, 0.25) is 0 Å². The van der Waals surface area contributed by atoms with Gasteiger partial charge in [-0.15, -0.1) is 0 Å². The Bertz CT molecular complexity index is 725. The van der Waals surface area contributed by atoms with Crippen molar-refractivity contribution in [2.45, 2.75) is 137 Å². The third-order valence-corrected chi connectivity index (χ3v) is 10.1. The van der Waals surface area contributed by atoms with Crippen molar-refractivity contribution in [3.8, 4) is 0 Å². The number of hydrogen-bond acceptors (Lipinski definition) is 4. The van der Waals surface area contributed by atoms with Gasteiger partial charge < -0.3 is 9.47 Å². The Morgan fingerprint density at radius 3 is 1.61 bits per heavy atom. The topological polar surface area (TPSA) is 52.6 Å². The predicted molar refractivity (Wildman–Crippen MR) is 133 cm³/mol. The van der Waals surface area contributed by atoms with Gasteiger partial charge in [0.1, 0.15) is 11.2 Å². The standard InChI is InChI=1S/C15H26O2.C14H24O2/c1-5-14(3,4)13(16)17-15(6-2)10-11-7-8-12(15)9-11;1-5-13(2,3)12(15)16-14(4)9-10-6-7-11(14)8-10/h11-12H,5-10H2,1-4H3;10-11H,5-9H2,1-4H3. The van der Waals surface area contributed by atoms with Crippen molar-refractivity contribution >= 4 is 11.9 Å². The van der Waals surface area contributed by atoms with Gasteiger partial charge in [-0.3, -0.25) is 9.59 Å². The lowest BCUT2D eigenvalue weighted by Gasteiger charge is -2.38. The van der Waals surface area contributed by atoms with Crippen molar-refractivity contribution in [2.24, 2.45) is 34.5 Å². The summed E-state index contributed by atoms with van der Waals surface area (Å²) in [6.45, 7) is 16.4. The van der Waals surface area contributed by atoms with Crippen LogP contribution < -0.4 is 0 Å². The molecule has 0 heterocycles. The first-order valence-electron chi connectivity index (χ1n) is 13.8. The Morgan fingerprint density at radius 1 is 0.758 bits per heavy atom. The van der Waals surface area contributed by atoms with Crippen LogP contribution in [0.25, 0.3) is 0 Å². The maximum absolute atomic E-state index is 12.3. The van der Waals surface area contributed by atoms with Crippen LogP contribution in [0.2, 0.25) is 0 Å². The molecule has 0 aliphatic heterocycles. The molecular formula is C29H50O4. The molecular weight excluding hydrogens is 412 g/mol. The molecule has 33 heavy (non-hydrogen) atoms. The van der Waals surface area contributed by atoms with E-state index < -0.39 is 0 Å². The molecule has 0 spiro atoms. The summed E-state index contributed by atoms with van der Waals surface area (Å²) < 4.78 is 11.8. The lowest BCUT2D eigenvalue weighted by atomic mass is 9.81. The monoisotopic (exact) mass is 462 g/mol. The van der Waals surface area contributed by atoms with Crippen LogP contribution >= 0.6 is 0 Å². The number of hydrogen-bond donors (Lipinski definition) is 0. The van der Waals surface area contributed by atoms with Crippen LogP contribution in [-0.2, 0) is 19.1 Å². The largest absolute Gasteiger partial charge is 0.459 e. The Hall–Kier alpha value is -1.06. The molecule has 4 aliphatic carbocycles. The van der Waals surface area contributed by atoms with Gasteiger partial charge >= 0.3 is 11.9 Å². The average Bonchev–Trinajstić information content (AvgIpc) is 3.55. The van der Waals surface area contributed by atoms with Crippen LogP contribution in [0.1, 0.15) is 126 Å². The minimum absolute atomic E-state index is 0.00870. The van der Waals surface area contributed by atoms with Gasteiger partial charge in [0.25, 0.3) is 0 Å². The molecule has 0 N–H and O–H groups in total. The zero-order valence-corrected chi connectivity index (χ0v) is 22.7. The highest BCUT2D eigenvalue weighted by atomic mass is 16.6. The molecule has 0 aromatic heterocycles. The molecule has 0 saturated heterocycles. The Morgan fingerprint density at radius 2 is 1.24 bits per heavy atom. The predicted octanol–water partition coefficient (Wildman–Crippen LogP) is 7.48. The first-order valence-corrected chi connectivity index (χ1v) is 13.8. The highest BCUT2D eigenvalue weighted by Crippen LogP contribution is 2.55. The molecule has 4 nitrogen and oxygen atoms in total. The first kappa shape index (κ1) is 26.5. The van der Waals surface area contributed by atoms with Crippen molar-refractivity contribution in [3.63, 3.8) is 0 Å². The van der Waals surface area contributed by atoms with Crippen LogP contribution in [0.15, 0.2) is 0 Å². The maximum atomic E-state index is 12.3. The van der Waals surface area contributed by atoms with Gasteiger partial charge in [-0.2, -0.15) is 0 Å². The lowest BCUT2D eigenvalue weighted by Crippen LogP contribution is -2.43. The van der Waals surface area contributed by atoms with E-state index in [1.165, 1.54) is 38.5 Å². The zero-order chi connectivity index (χ0) is 24.7. The van der Waals surface area contributed by atoms with E-state index in [2.05, 4.69) is 20.8 Å². The summed E-state index contributed by atoms with van der Waals surface area (Å²) in [6, 6.07) is 0. The fourth-order valence-corrected chi connectivity index (χ4v) is 6.66. The second-order valence-electron chi connectivity index (χ2n) is 13.1. The molecule has 0 aromatic rings. The average molecular weight is 463 g/mol. The summed E-state index contributed by atoms with van der Waals surface area (Å²) in [6.07, 6.45) is 12.6. The van der Waals surface area contributed by atoms with E-state index in [0.29, 0.717) is 11.8 Å². The smallest absolute Gasteiger partial charge is 0.312 e. The first-order chi connectivity index (χ1) is 15.3. The normalized spacial score (nSPS) is 37.0. The van der Waals surface area contributed by atoms with Crippen molar-refractivity contribution in [1.29, 1.82) is 0 Å². The highest BCUT2D eigenvalue weighted by molar-refractivity contribution is 5.76. The molecule has 4 aliphatic rings. The number of rotatable bonds is 7. The molecule has 4 saturated carbocycles. The molecule has 4 rings (SSSR count). The van der Waals surface area contributed by atoms with Crippen LogP contribution in [0.3, 0.4) is 0 Å². The third kappa shape index (κ3) is 5.30. The second-order valence-corrected chi connectivity index (χ2v) is 13.1. The number of esters is 2. The fourth-order valence-electron chi connectivity index (χ4n) is 6.66. The fraction of sp³-hybridized carbons (Fsp3) is 0.931. The van der Waals surface area contributed by atoms with Crippen molar-refractivity contribution in [1.82, 2.24) is 0 Å². The summed E-state index contributed by atoms with van der Waals surface area (Å²) in [5.74, 6) is 2.88. The van der Waals surface area contributed by atoms with E-state index in [1.807, 2.05) is 34.6 Å². The molecule has 0 aromatic carbocycles. The third-order valence-electron chi connectivity index (χ3n) is 10.1. The van der Waals surface area contributed by atoms with Crippen LogP contribution in [0, 0.1) is 34.5 Å². The Balaban J connectivity index is 0.000000186. The van der Waals surface area contributed by atoms with E-state index in [0.717, 1.165) is 43.9 Å². The molecule has 6 atom stereocenters. The van der Waals surface area contributed by atoms with E-state index in [-0.39, 0.29) is 34.0 Å². The Labute approximate surface area is 202 Å². The van der Waals surface area contributed by atoms with Gasteiger partial charge in [0.05, 0.1) is 10.8 Å². The minimum atomic E-state index is -0.329. The molecule has 6 unspecified atom stereocenters. The maximum Gasteiger partial charge on any atom is 0.312 e. The summed E-state index contributed by atoms with van der Waals surface area (Å²) in [4.78, 5) is 24.4. The summed E-state index contributed by atoms with van der Waals surface area (Å²) in [7, 11) is 0. The van der Waals surface area contributed by atoms with E-state index in [1.54, 1.807) is 0 Å². The van der Waals surface area contributed by atoms with Crippen molar-refractivity contribution in [2.75, 3.05) is 0 Å². The van der Waals surface area contributed by atoms with Crippen LogP contribution in [0.5, 0.6) is 0 Å². The number of carbonyl (C=O) groups is 2. The molecule has 4 heteroatoms. The minimum Gasteiger partial charge on any atom is -0.459 e. The summed E-state index contributed by atoms with van der Waals surface area (Å²) in [5, 5.41) is 0. The number of fused-ring (bicyclic) bond motifs is 4. The molecule has 190 valence electrons.